The van der Waals surface area contributed by atoms with E-state index < -0.39 is 0 Å². The standard InChI is InChI=1S/C12H16NOP/c1-15-13-9-5-8-11(13)12(14-15)10-6-3-2-4-7-10/h2-4,6-7,11-12H,5,8-9H2,1H3/t11-,12?,15?/m0/s1. The molecule has 2 heterocycles. The Balaban J connectivity index is 1.88. The summed E-state index contributed by atoms with van der Waals surface area (Å²) in [6, 6.07) is 11.3. The second kappa shape index (κ2) is 3.86. The van der Waals surface area contributed by atoms with Gasteiger partial charge in [-0.25, -0.2) is 0 Å². The Morgan fingerprint density at radius 3 is 2.93 bits per heavy atom. The van der Waals surface area contributed by atoms with Crippen molar-refractivity contribution in [3.63, 3.8) is 0 Å². The van der Waals surface area contributed by atoms with Gasteiger partial charge in [0.2, 0.25) is 0 Å². The van der Waals surface area contributed by atoms with Crippen LogP contribution in [-0.2, 0) is 4.52 Å². The van der Waals surface area contributed by atoms with Gasteiger partial charge in [-0.05, 0) is 25.1 Å². The van der Waals surface area contributed by atoms with Crippen molar-refractivity contribution in [2.75, 3.05) is 13.2 Å². The first-order valence-corrected chi connectivity index (χ1v) is 7.24. The zero-order valence-corrected chi connectivity index (χ0v) is 9.86. The van der Waals surface area contributed by atoms with E-state index in [-0.39, 0.29) is 8.30 Å². The van der Waals surface area contributed by atoms with Crippen molar-refractivity contribution in [3.8, 4) is 0 Å². The fourth-order valence-corrected chi connectivity index (χ4v) is 4.44. The second-order valence-electron chi connectivity index (χ2n) is 4.27. The largest absolute Gasteiger partial charge is 0.334 e. The molecule has 2 fully saturated rings. The third-order valence-corrected chi connectivity index (χ3v) is 5.13. The van der Waals surface area contributed by atoms with Gasteiger partial charge in [0.25, 0.3) is 0 Å². The van der Waals surface area contributed by atoms with E-state index in [1.54, 1.807) is 0 Å². The monoisotopic (exact) mass is 221 g/mol. The van der Waals surface area contributed by atoms with Crippen LogP contribution < -0.4 is 0 Å². The van der Waals surface area contributed by atoms with Gasteiger partial charge in [0, 0.05) is 12.6 Å². The Morgan fingerprint density at radius 2 is 2.13 bits per heavy atom. The molecule has 0 N–H and O–H groups in total. The van der Waals surface area contributed by atoms with Gasteiger partial charge >= 0.3 is 0 Å². The Labute approximate surface area is 92.1 Å². The van der Waals surface area contributed by atoms with Crippen molar-refractivity contribution in [1.29, 1.82) is 0 Å². The summed E-state index contributed by atoms with van der Waals surface area (Å²) in [5, 5.41) is 0. The van der Waals surface area contributed by atoms with Crippen molar-refractivity contribution in [2.24, 2.45) is 0 Å². The van der Waals surface area contributed by atoms with E-state index in [1.807, 2.05) is 0 Å². The molecule has 1 aromatic carbocycles. The van der Waals surface area contributed by atoms with Crippen molar-refractivity contribution in [1.82, 2.24) is 4.67 Å². The number of nitrogens with zero attached hydrogens (tertiary/aromatic N) is 1. The van der Waals surface area contributed by atoms with Gasteiger partial charge in [0.1, 0.15) is 14.4 Å². The van der Waals surface area contributed by atoms with E-state index >= 15 is 0 Å². The molecule has 2 aliphatic heterocycles. The van der Waals surface area contributed by atoms with Gasteiger partial charge in [-0.15, -0.1) is 0 Å². The van der Waals surface area contributed by atoms with E-state index in [4.69, 9.17) is 4.52 Å². The molecule has 0 amide bonds. The predicted octanol–water partition coefficient (Wildman–Crippen LogP) is 3.16. The van der Waals surface area contributed by atoms with Crippen molar-refractivity contribution < 1.29 is 4.52 Å². The highest BCUT2D eigenvalue weighted by molar-refractivity contribution is 7.49. The van der Waals surface area contributed by atoms with Crippen LogP contribution in [-0.4, -0.2) is 23.9 Å². The first kappa shape index (κ1) is 9.77. The Hall–Kier alpha value is -0.430. The third-order valence-electron chi connectivity index (χ3n) is 3.38. The van der Waals surface area contributed by atoms with Gasteiger partial charge in [0.15, 0.2) is 0 Å². The van der Waals surface area contributed by atoms with E-state index in [2.05, 4.69) is 41.7 Å². The molecule has 2 nitrogen and oxygen atoms in total. The topological polar surface area (TPSA) is 12.5 Å². The highest BCUT2D eigenvalue weighted by atomic mass is 31.2. The molecule has 0 radical (unpaired) electrons. The van der Waals surface area contributed by atoms with Crippen LogP contribution in [0.4, 0.5) is 0 Å². The summed E-state index contributed by atoms with van der Waals surface area (Å²) in [7, 11) is -0.335. The smallest absolute Gasteiger partial charge is 0.104 e. The van der Waals surface area contributed by atoms with E-state index in [0.29, 0.717) is 12.1 Å². The van der Waals surface area contributed by atoms with Crippen LogP contribution in [0.5, 0.6) is 0 Å². The molecule has 2 saturated heterocycles. The number of hydrogen-bond acceptors (Lipinski definition) is 2. The van der Waals surface area contributed by atoms with E-state index in [1.165, 1.54) is 24.9 Å². The minimum absolute atomic E-state index is 0.324. The lowest BCUT2D eigenvalue weighted by molar-refractivity contribution is 0.215. The van der Waals surface area contributed by atoms with Crippen molar-refractivity contribution >= 4 is 8.30 Å². The van der Waals surface area contributed by atoms with Crippen LogP contribution in [0.2, 0.25) is 0 Å². The number of fused-ring (bicyclic) bond motifs is 1. The predicted molar refractivity (Wildman–Crippen MR) is 62.8 cm³/mol. The Kier molecular flexibility index (Phi) is 2.51. The maximum absolute atomic E-state index is 6.11. The molecule has 0 saturated carbocycles. The summed E-state index contributed by atoms with van der Waals surface area (Å²) < 4.78 is 8.67. The molecule has 0 spiro atoms. The summed E-state index contributed by atoms with van der Waals surface area (Å²) in [5.41, 5.74) is 1.35. The third kappa shape index (κ3) is 1.61. The summed E-state index contributed by atoms with van der Waals surface area (Å²) in [6.45, 7) is 3.47. The van der Waals surface area contributed by atoms with Gasteiger partial charge in [-0.3, -0.25) is 4.67 Å². The Morgan fingerprint density at radius 1 is 1.33 bits per heavy atom. The lowest BCUT2D eigenvalue weighted by atomic mass is 10.0. The molecule has 2 aliphatic rings. The maximum Gasteiger partial charge on any atom is 0.104 e. The summed E-state index contributed by atoms with van der Waals surface area (Å²) >= 11 is 0. The fraction of sp³-hybridized carbons (Fsp3) is 0.500. The highest BCUT2D eigenvalue weighted by Gasteiger charge is 2.43. The highest BCUT2D eigenvalue weighted by Crippen LogP contribution is 2.57. The molecule has 0 aliphatic carbocycles. The van der Waals surface area contributed by atoms with Crippen LogP contribution in [0, 0.1) is 0 Å². The van der Waals surface area contributed by atoms with E-state index in [0.717, 1.165) is 0 Å². The van der Waals surface area contributed by atoms with Crippen LogP contribution >= 0.6 is 8.30 Å². The normalized spacial score (nSPS) is 35.7. The van der Waals surface area contributed by atoms with Crippen LogP contribution in [0.15, 0.2) is 30.3 Å². The molecule has 15 heavy (non-hydrogen) atoms. The number of rotatable bonds is 1. The minimum Gasteiger partial charge on any atom is -0.334 e. The zero-order chi connectivity index (χ0) is 10.3. The summed E-state index contributed by atoms with van der Waals surface area (Å²) in [4.78, 5) is 0. The van der Waals surface area contributed by atoms with Gasteiger partial charge in [-0.1, -0.05) is 30.3 Å². The quantitative estimate of drug-likeness (QED) is 0.675. The molecule has 1 aromatic rings. The van der Waals surface area contributed by atoms with Crippen LogP contribution in [0.1, 0.15) is 24.5 Å². The molecule has 80 valence electrons. The molecule has 3 heteroatoms. The second-order valence-corrected chi connectivity index (χ2v) is 5.93. The van der Waals surface area contributed by atoms with Crippen molar-refractivity contribution in [3.05, 3.63) is 35.9 Å². The SMILES string of the molecule is CP1OC(c2ccccc2)[C@@H]2CCCN21. The summed E-state index contributed by atoms with van der Waals surface area (Å²) in [5.74, 6) is 0. The van der Waals surface area contributed by atoms with Gasteiger partial charge < -0.3 is 4.52 Å². The van der Waals surface area contributed by atoms with Crippen LogP contribution in [0.3, 0.4) is 0 Å². The molecular weight excluding hydrogens is 205 g/mol. The molecule has 3 atom stereocenters. The lowest BCUT2D eigenvalue weighted by Crippen LogP contribution is -2.22. The number of hydrogen-bond donors (Lipinski definition) is 0. The lowest BCUT2D eigenvalue weighted by Gasteiger charge is -2.17. The average molecular weight is 221 g/mol. The first-order chi connectivity index (χ1) is 7.36. The summed E-state index contributed by atoms with van der Waals surface area (Å²) in [6.07, 6.45) is 2.96. The molecule has 3 rings (SSSR count). The Bertz CT molecular complexity index is 343. The van der Waals surface area contributed by atoms with Gasteiger partial charge in [0.05, 0.1) is 0 Å². The molecular formula is C12H16NOP. The van der Waals surface area contributed by atoms with Crippen molar-refractivity contribution in [2.45, 2.75) is 25.0 Å². The first-order valence-electron chi connectivity index (χ1n) is 5.58. The molecule has 0 aromatic heterocycles. The number of benzene rings is 1. The zero-order valence-electron chi connectivity index (χ0n) is 8.97. The average Bonchev–Trinajstić information content (AvgIpc) is 2.84. The van der Waals surface area contributed by atoms with Crippen LogP contribution in [0.25, 0.3) is 0 Å². The molecule has 0 bridgehead atoms. The minimum atomic E-state index is -0.335. The maximum atomic E-state index is 6.11. The molecule has 2 unspecified atom stereocenters. The van der Waals surface area contributed by atoms with E-state index in [9.17, 15) is 0 Å². The van der Waals surface area contributed by atoms with Gasteiger partial charge in [-0.2, -0.15) is 0 Å². The fourth-order valence-electron chi connectivity index (χ4n) is 2.66.